The smallest absolute Gasteiger partial charge is 0.293 e. The van der Waals surface area contributed by atoms with Gasteiger partial charge in [0.25, 0.3) is 11.6 Å². The highest BCUT2D eigenvalue weighted by Crippen LogP contribution is 2.31. The molecule has 0 spiro atoms. The van der Waals surface area contributed by atoms with E-state index in [0.29, 0.717) is 43.0 Å². The van der Waals surface area contributed by atoms with Gasteiger partial charge in [-0.25, -0.2) is 0 Å². The minimum absolute atomic E-state index is 0.0470. The molecule has 1 heterocycles. The number of rotatable bonds is 10. The molecule has 1 aliphatic heterocycles. The van der Waals surface area contributed by atoms with Gasteiger partial charge in [-0.05, 0) is 30.9 Å². The molecule has 1 unspecified atom stereocenters. The first-order valence-electron chi connectivity index (χ1n) is 10.7. The zero-order valence-electron chi connectivity index (χ0n) is 17.4. The summed E-state index contributed by atoms with van der Waals surface area (Å²) in [7, 11) is 0. The molecular weight excluding hydrogens is 372 g/mol. The minimum atomic E-state index is -0.428. The lowest BCUT2D eigenvalue weighted by molar-refractivity contribution is -0.384. The van der Waals surface area contributed by atoms with Crippen LogP contribution in [0.3, 0.4) is 0 Å². The number of nitrogens with zero attached hydrogens (tertiary/aromatic N) is 2. The Morgan fingerprint density at radius 2 is 1.97 bits per heavy atom. The van der Waals surface area contributed by atoms with Crippen LogP contribution in [-0.4, -0.2) is 60.7 Å². The van der Waals surface area contributed by atoms with Crippen molar-refractivity contribution in [2.45, 2.75) is 51.6 Å². The van der Waals surface area contributed by atoms with E-state index in [1.807, 2.05) is 0 Å². The number of carbonyl (C=O) groups excluding carboxylic acids is 1. The molecule has 2 N–H and O–H groups in total. The normalized spacial score (nSPS) is 18.4. The molecule has 1 aliphatic carbocycles. The quantitative estimate of drug-likeness (QED) is 0.460. The highest BCUT2D eigenvalue weighted by molar-refractivity contribution is 5.95. The van der Waals surface area contributed by atoms with Crippen molar-refractivity contribution in [1.82, 2.24) is 10.2 Å². The van der Waals surface area contributed by atoms with E-state index in [1.54, 1.807) is 12.1 Å². The van der Waals surface area contributed by atoms with Crippen molar-refractivity contribution in [2.75, 3.05) is 38.2 Å². The molecule has 1 amide bonds. The van der Waals surface area contributed by atoms with Gasteiger partial charge in [0.1, 0.15) is 5.69 Å². The predicted octanol–water partition coefficient (Wildman–Crippen LogP) is 3.04. The van der Waals surface area contributed by atoms with E-state index in [-0.39, 0.29) is 17.6 Å². The summed E-state index contributed by atoms with van der Waals surface area (Å²) in [4.78, 5) is 26.2. The van der Waals surface area contributed by atoms with Crippen molar-refractivity contribution in [1.29, 1.82) is 0 Å². The third kappa shape index (κ3) is 5.67. The Hall–Kier alpha value is -2.19. The fraction of sp³-hybridized carbons (Fsp3) is 0.667. The number of nitro groups is 1. The number of amides is 1. The maximum Gasteiger partial charge on any atom is 0.293 e. The van der Waals surface area contributed by atoms with E-state index >= 15 is 0 Å². The average molecular weight is 405 g/mol. The fourth-order valence-corrected chi connectivity index (χ4v) is 4.03. The largest absolute Gasteiger partial charge is 0.379 e. The van der Waals surface area contributed by atoms with Crippen molar-refractivity contribution < 1.29 is 14.5 Å². The Kier molecular flexibility index (Phi) is 7.44. The number of benzene rings is 1. The number of morpholine rings is 1. The summed E-state index contributed by atoms with van der Waals surface area (Å²) in [6.07, 6.45) is 4.14. The van der Waals surface area contributed by atoms with Gasteiger partial charge in [0, 0.05) is 43.3 Å². The number of anilines is 1. The first-order chi connectivity index (χ1) is 14.0. The molecule has 2 fully saturated rings. The molecule has 0 aromatic heterocycles. The Morgan fingerprint density at radius 3 is 2.55 bits per heavy atom. The Morgan fingerprint density at radius 1 is 1.28 bits per heavy atom. The summed E-state index contributed by atoms with van der Waals surface area (Å²) in [6, 6.07) is 5.23. The number of hydrogen-bond donors (Lipinski definition) is 2. The molecule has 160 valence electrons. The molecule has 8 nitrogen and oxygen atoms in total. The fourth-order valence-electron chi connectivity index (χ4n) is 4.03. The zero-order chi connectivity index (χ0) is 20.8. The third-order valence-electron chi connectivity index (χ3n) is 5.97. The molecule has 1 saturated heterocycles. The lowest BCUT2D eigenvalue weighted by Gasteiger charge is -2.38. The van der Waals surface area contributed by atoms with Gasteiger partial charge in [0.05, 0.1) is 18.1 Å². The van der Waals surface area contributed by atoms with Gasteiger partial charge in [-0.1, -0.05) is 26.7 Å². The lowest BCUT2D eigenvalue weighted by atomic mass is 9.92. The van der Waals surface area contributed by atoms with E-state index < -0.39 is 4.92 Å². The van der Waals surface area contributed by atoms with Crippen molar-refractivity contribution in [2.24, 2.45) is 5.92 Å². The van der Waals surface area contributed by atoms with E-state index in [2.05, 4.69) is 29.4 Å². The van der Waals surface area contributed by atoms with Crippen LogP contribution in [0.4, 0.5) is 11.4 Å². The average Bonchev–Trinajstić information content (AvgIpc) is 3.55. The van der Waals surface area contributed by atoms with Gasteiger partial charge >= 0.3 is 0 Å². The Bertz CT molecular complexity index is 713. The van der Waals surface area contributed by atoms with Gasteiger partial charge in [0.2, 0.25) is 0 Å². The Balaban J connectivity index is 1.68. The number of ether oxygens (including phenoxy) is 1. The second kappa shape index (κ2) is 10.0. The summed E-state index contributed by atoms with van der Waals surface area (Å²) < 4.78 is 5.47. The first kappa shape index (κ1) is 21.5. The highest BCUT2D eigenvalue weighted by atomic mass is 16.6. The van der Waals surface area contributed by atoms with Gasteiger partial charge in [0.15, 0.2) is 0 Å². The SMILES string of the molecule is CCC(CC)C(CNC(=O)c1ccc(NC2CC2)c([N+](=O)[O-])c1)N1CCOCC1. The van der Waals surface area contributed by atoms with Crippen LogP contribution in [0.25, 0.3) is 0 Å². The predicted molar refractivity (Wildman–Crippen MR) is 112 cm³/mol. The van der Waals surface area contributed by atoms with E-state index in [9.17, 15) is 14.9 Å². The van der Waals surface area contributed by atoms with Crippen LogP contribution in [0.5, 0.6) is 0 Å². The van der Waals surface area contributed by atoms with E-state index in [0.717, 1.165) is 38.8 Å². The van der Waals surface area contributed by atoms with Crippen LogP contribution in [0, 0.1) is 16.0 Å². The van der Waals surface area contributed by atoms with Gasteiger partial charge in [-0.15, -0.1) is 0 Å². The Labute approximate surface area is 172 Å². The van der Waals surface area contributed by atoms with Gasteiger partial charge in [-0.2, -0.15) is 0 Å². The molecule has 1 saturated carbocycles. The third-order valence-corrected chi connectivity index (χ3v) is 5.97. The van der Waals surface area contributed by atoms with Crippen LogP contribution in [0.15, 0.2) is 18.2 Å². The summed E-state index contributed by atoms with van der Waals surface area (Å²) in [5, 5.41) is 17.6. The van der Waals surface area contributed by atoms with Crippen LogP contribution in [0.1, 0.15) is 49.9 Å². The maximum absolute atomic E-state index is 12.8. The van der Waals surface area contributed by atoms with Crippen LogP contribution >= 0.6 is 0 Å². The molecule has 0 radical (unpaired) electrons. The molecule has 1 aromatic carbocycles. The molecule has 8 heteroatoms. The van der Waals surface area contributed by atoms with Crippen molar-refractivity contribution in [3.8, 4) is 0 Å². The number of nitrogens with one attached hydrogen (secondary N) is 2. The second-order valence-corrected chi connectivity index (χ2v) is 7.91. The molecule has 1 aromatic rings. The topological polar surface area (TPSA) is 96.7 Å². The molecule has 0 bridgehead atoms. The number of nitro benzene ring substituents is 1. The number of hydrogen-bond acceptors (Lipinski definition) is 6. The monoisotopic (exact) mass is 404 g/mol. The first-order valence-corrected chi connectivity index (χ1v) is 10.7. The van der Waals surface area contributed by atoms with Crippen LogP contribution in [0.2, 0.25) is 0 Å². The van der Waals surface area contributed by atoms with Crippen molar-refractivity contribution in [3.05, 3.63) is 33.9 Å². The van der Waals surface area contributed by atoms with E-state index in [4.69, 9.17) is 4.74 Å². The minimum Gasteiger partial charge on any atom is -0.379 e. The second-order valence-electron chi connectivity index (χ2n) is 7.91. The van der Waals surface area contributed by atoms with Crippen LogP contribution in [-0.2, 0) is 4.74 Å². The van der Waals surface area contributed by atoms with Gasteiger partial charge < -0.3 is 15.4 Å². The molecule has 1 atom stereocenters. The standard InChI is InChI=1S/C21H32N4O4/c1-3-15(4-2)20(24-9-11-29-12-10-24)14-22-21(26)16-5-8-18(23-17-6-7-17)19(13-16)25(27)28/h5,8,13,15,17,20,23H,3-4,6-7,9-12,14H2,1-2H3,(H,22,26). The molecule has 29 heavy (non-hydrogen) atoms. The molecule has 2 aliphatic rings. The molecule has 3 rings (SSSR count). The number of carbonyl (C=O) groups is 1. The van der Waals surface area contributed by atoms with Crippen LogP contribution < -0.4 is 10.6 Å². The lowest BCUT2D eigenvalue weighted by Crippen LogP contribution is -2.52. The summed E-state index contributed by atoms with van der Waals surface area (Å²) in [6.45, 7) is 8.05. The molecular formula is C21H32N4O4. The highest BCUT2D eigenvalue weighted by Gasteiger charge is 2.28. The zero-order valence-corrected chi connectivity index (χ0v) is 17.4. The van der Waals surface area contributed by atoms with Crippen molar-refractivity contribution >= 4 is 17.3 Å². The summed E-state index contributed by atoms with van der Waals surface area (Å²) in [5.74, 6) is 0.211. The van der Waals surface area contributed by atoms with Crippen molar-refractivity contribution in [3.63, 3.8) is 0 Å². The van der Waals surface area contributed by atoms with Gasteiger partial charge in [-0.3, -0.25) is 19.8 Å². The summed E-state index contributed by atoms with van der Waals surface area (Å²) in [5.41, 5.74) is 0.759. The summed E-state index contributed by atoms with van der Waals surface area (Å²) >= 11 is 0. The van der Waals surface area contributed by atoms with E-state index in [1.165, 1.54) is 6.07 Å². The maximum atomic E-state index is 12.8.